The summed E-state index contributed by atoms with van der Waals surface area (Å²) in [6.07, 6.45) is -2.09. The summed E-state index contributed by atoms with van der Waals surface area (Å²) >= 11 is 1.01. The third-order valence-corrected chi connectivity index (χ3v) is 6.09. The summed E-state index contributed by atoms with van der Waals surface area (Å²) in [7, 11) is 0. The molecule has 0 aliphatic carbocycles. The van der Waals surface area contributed by atoms with Crippen LogP contribution in [0.4, 0.5) is 13.2 Å². The van der Waals surface area contributed by atoms with Crippen LogP contribution in [0.1, 0.15) is 17.3 Å². The molecule has 5 N–H and O–H groups in total. The summed E-state index contributed by atoms with van der Waals surface area (Å²) in [6.45, 7) is 0.676. The van der Waals surface area contributed by atoms with Gasteiger partial charge in [-0.3, -0.25) is 4.79 Å². The van der Waals surface area contributed by atoms with Crippen LogP contribution in [0.3, 0.4) is 0 Å². The standard InChI is InChI=1S/C22H23F3N4O5S/c1-11(31)19(10-30)34-22(35-14-4-2-3-12(5-14)21(26)33)18(32)9-29-8-17(27-28-29)13-6-15(23)20(25)16(24)7-13/h2-8,11,18-19,22,30-32H,9-10H2,1H3,(H2,26,33)/t11-,18+,19?,22?/m1/s1. The van der Waals surface area contributed by atoms with Crippen molar-refractivity contribution in [2.24, 2.45) is 5.73 Å². The van der Waals surface area contributed by atoms with Crippen LogP contribution in [-0.4, -0.2) is 66.6 Å². The van der Waals surface area contributed by atoms with Crippen molar-refractivity contribution in [2.75, 3.05) is 6.61 Å². The number of halogens is 3. The Kier molecular flexibility index (Phi) is 8.86. The summed E-state index contributed by atoms with van der Waals surface area (Å²) in [5.41, 5.74) is 4.47. The number of carbonyl (C=O) groups is 1. The SMILES string of the molecule is C[C@@H](O)C(CO)OC(Sc1cccc(C(N)=O)c1)[C@@H](O)Cn1cc(-c2cc(F)c(F)c(F)c2)nn1. The van der Waals surface area contributed by atoms with E-state index < -0.39 is 53.7 Å². The van der Waals surface area contributed by atoms with Gasteiger partial charge in [-0.05, 0) is 37.3 Å². The molecule has 0 spiro atoms. The van der Waals surface area contributed by atoms with Crippen LogP contribution in [0, 0.1) is 17.5 Å². The lowest BCUT2D eigenvalue weighted by Gasteiger charge is -2.28. The molecular weight excluding hydrogens is 489 g/mol. The Labute approximate surface area is 202 Å². The van der Waals surface area contributed by atoms with Crippen LogP contribution < -0.4 is 5.73 Å². The lowest BCUT2D eigenvalue weighted by molar-refractivity contribution is -0.0972. The molecule has 4 atom stereocenters. The number of primary amides is 1. The first-order valence-electron chi connectivity index (χ1n) is 10.3. The summed E-state index contributed by atoms with van der Waals surface area (Å²) in [6, 6.07) is 7.80. The number of amides is 1. The van der Waals surface area contributed by atoms with Crippen LogP contribution in [0.25, 0.3) is 11.3 Å². The highest BCUT2D eigenvalue weighted by molar-refractivity contribution is 7.99. The van der Waals surface area contributed by atoms with Gasteiger partial charge in [0, 0.05) is 16.0 Å². The Morgan fingerprint density at radius 2 is 1.89 bits per heavy atom. The Morgan fingerprint density at radius 1 is 1.20 bits per heavy atom. The number of rotatable bonds is 11. The van der Waals surface area contributed by atoms with Crippen LogP contribution >= 0.6 is 11.8 Å². The molecule has 35 heavy (non-hydrogen) atoms. The van der Waals surface area contributed by atoms with E-state index in [2.05, 4.69) is 10.3 Å². The fraction of sp³-hybridized carbons (Fsp3) is 0.318. The largest absolute Gasteiger partial charge is 0.394 e. The first kappa shape index (κ1) is 26.6. The molecule has 0 aliphatic heterocycles. The summed E-state index contributed by atoms with van der Waals surface area (Å²) in [4.78, 5) is 12.0. The van der Waals surface area contributed by atoms with E-state index in [4.69, 9.17) is 10.5 Å². The van der Waals surface area contributed by atoms with Crippen molar-refractivity contribution >= 4 is 17.7 Å². The smallest absolute Gasteiger partial charge is 0.248 e. The van der Waals surface area contributed by atoms with E-state index in [1.165, 1.54) is 29.9 Å². The van der Waals surface area contributed by atoms with Gasteiger partial charge < -0.3 is 25.8 Å². The average Bonchev–Trinajstić information content (AvgIpc) is 3.28. The molecule has 0 bridgehead atoms. The molecule has 3 rings (SSSR count). The molecule has 0 saturated carbocycles. The van der Waals surface area contributed by atoms with Crippen LogP contribution in [0.2, 0.25) is 0 Å². The lowest BCUT2D eigenvalue weighted by Crippen LogP contribution is -2.39. The van der Waals surface area contributed by atoms with E-state index in [0.717, 1.165) is 23.9 Å². The lowest BCUT2D eigenvalue weighted by atomic mass is 10.1. The monoisotopic (exact) mass is 512 g/mol. The van der Waals surface area contributed by atoms with E-state index in [1.54, 1.807) is 12.1 Å². The molecule has 1 amide bonds. The van der Waals surface area contributed by atoms with Gasteiger partial charge in [-0.2, -0.15) is 0 Å². The van der Waals surface area contributed by atoms with Crippen molar-refractivity contribution in [2.45, 2.75) is 42.1 Å². The van der Waals surface area contributed by atoms with Crippen molar-refractivity contribution < 1.29 is 38.0 Å². The van der Waals surface area contributed by atoms with E-state index in [9.17, 15) is 33.3 Å². The molecule has 3 aromatic rings. The Hall–Kier alpha value is -2.97. The number of hydrogen-bond acceptors (Lipinski definition) is 8. The molecule has 13 heteroatoms. The second-order valence-electron chi connectivity index (χ2n) is 7.62. The van der Waals surface area contributed by atoms with Crippen molar-refractivity contribution in [3.63, 3.8) is 0 Å². The number of aliphatic hydroxyl groups excluding tert-OH is 3. The van der Waals surface area contributed by atoms with Gasteiger partial charge in [0.1, 0.15) is 23.3 Å². The maximum absolute atomic E-state index is 13.6. The molecule has 0 saturated heterocycles. The van der Waals surface area contributed by atoms with Crippen LogP contribution in [0.15, 0.2) is 47.5 Å². The molecule has 1 aromatic heterocycles. The second kappa shape index (κ2) is 11.6. The zero-order valence-corrected chi connectivity index (χ0v) is 19.2. The topological polar surface area (TPSA) is 144 Å². The number of aromatic nitrogens is 3. The zero-order chi connectivity index (χ0) is 25.7. The Morgan fingerprint density at radius 3 is 2.49 bits per heavy atom. The molecular formula is C22H23F3N4O5S. The van der Waals surface area contributed by atoms with E-state index in [-0.39, 0.29) is 23.4 Å². The third kappa shape index (κ3) is 6.80. The fourth-order valence-corrected chi connectivity index (χ4v) is 4.10. The minimum absolute atomic E-state index is 0.0338. The molecule has 2 aromatic carbocycles. The number of aliphatic hydroxyl groups is 3. The Balaban J connectivity index is 1.81. The molecule has 0 fully saturated rings. The second-order valence-corrected chi connectivity index (χ2v) is 8.79. The highest BCUT2D eigenvalue weighted by atomic mass is 32.2. The number of ether oxygens (including phenoxy) is 1. The number of nitrogens with two attached hydrogens (primary N) is 1. The van der Waals surface area contributed by atoms with Gasteiger partial charge >= 0.3 is 0 Å². The number of carbonyl (C=O) groups excluding carboxylic acids is 1. The molecule has 188 valence electrons. The van der Waals surface area contributed by atoms with Gasteiger partial charge in [-0.15, -0.1) is 5.10 Å². The maximum Gasteiger partial charge on any atom is 0.248 e. The number of hydrogen-bond donors (Lipinski definition) is 4. The van der Waals surface area contributed by atoms with Gasteiger partial charge in [0.25, 0.3) is 0 Å². The average molecular weight is 513 g/mol. The minimum Gasteiger partial charge on any atom is -0.394 e. The number of benzene rings is 2. The normalized spacial score (nSPS) is 14.9. The summed E-state index contributed by atoms with van der Waals surface area (Å²) < 4.78 is 47.3. The first-order valence-corrected chi connectivity index (χ1v) is 11.2. The van der Waals surface area contributed by atoms with E-state index in [1.807, 2.05) is 0 Å². The van der Waals surface area contributed by atoms with Gasteiger partial charge in [-0.25, -0.2) is 17.9 Å². The highest BCUT2D eigenvalue weighted by Crippen LogP contribution is 2.29. The minimum atomic E-state index is -1.61. The van der Waals surface area contributed by atoms with Crippen molar-refractivity contribution in [3.05, 3.63) is 65.6 Å². The molecule has 9 nitrogen and oxygen atoms in total. The first-order chi connectivity index (χ1) is 16.6. The van der Waals surface area contributed by atoms with Crippen molar-refractivity contribution in [1.29, 1.82) is 0 Å². The highest BCUT2D eigenvalue weighted by Gasteiger charge is 2.28. The van der Waals surface area contributed by atoms with Gasteiger partial charge in [0.15, 0.2) is 17.5 Å². The number of nitrogens with zero attached hydrogens (tertiary/aromatic N) is 3. The molecule has 0 aliphatic rings. The van der Waals surface area contributed by atoms with Gasteiger partial charge in [-0.1, -0.05) is 23.0 Å². The zero-order valence-electron chi connectivity index (χ0n) is 18.4. The molecule has 2 unspecified atom stereocenters. The number of thioether (sulfide) groups is 1. The quantitative estimate of drug-likeness (QED) is 0.173. The maximum atomic E-state index is 13.6. The van der Waals surface area contributed by atoms with E-state index in [0.29, 0.717) is 4.90 Å². The predicted octanol–water partition coefficient (Wildman–Crippen LogP) is 1.70. The molecule has 0 radical (unpaired) electrons. The van der Waals surface area contributed by atoms with E-state index >= 15 is 0 Å². The van der Waals surface area contributed by atoms with Crippen LogP contribution in [-0.2, 0) is 11.3 Å². The predicted molar refractivity (Wildman–Crippen MR) is 120 cm³/mol. The van der Waals surface area contributed by atoms with Gasteiger partial charge in [0.2, 0.25) is 5.91 Å². The summed E-state index contributed by atoms with van der Waals surface area (Å²) in [5, 5.41) is 37.9. The summed E-state index contributed by atoms with van der Waals surface area (Å²) in [5.74, 6) is -5.02. The fourth-order valence-electron chi connectivity index (χ4n) is 3.04. The molecule has 1 heterocycles. The van der Waals surface area contributed by atoms with Crippen LogP contribution in [0.5, 0.6) is 0 Å². The van der Waals surface area contributed by atoms with Gasteiger partial charge in [0.05, 0.1) is 25.5 Å². The third-order valence-electron chi connectivity index (χ3n) is 4.90. The van der Waals surface area contributed by atoms with Crippen molar-refractivity contribution in [3.8, 4) is 11.3 Å². The Bertz CT molecular complexity index is 1160. The van der Waals surface area contributed by atoms with Crippen molar-refractivity contribution in [1.82, 2.24) is 15.0 Å².